The second kappa shape index (κ2) is 7.39. The summed E-state index contributed by atoms with van der Waals surface area (Å²) in [6.07, 6.45) is 2.65. The molecule has 3 N–H and O–H groups in total. The number of nitrogens with zero attached hydrogens (tertiary/aromatic N) is 1. The lowest BCUT2D eigenvalue weighted by molar-refractivity contribution is -0.145. The molecule has 7 atom stereocenters. The Balaban J connectivity index is 1.98. The molecule has 0 aromatic heterocycles. The monoisotopic (exact) mass is 381 g/mol. The van der Waals surface area contributed by atoms with Crippen molar-refractivity contribution in [1.29, 1.82) is 0 Å². The third kappa shape index (κ3) is 2.93. The first kappa shape index (κ1) is 20.1. The first-order chi connectivity index (χ1) is 12.8. The predicted molar refractivity (Wildman–Crippen MR) is 97.6 cm³/mol. The Kier molecular flexibility index (Phi) is 5.49. The van der Waals surface area contributed by atoms with E-state index in [-0.39, 0.29) is 36.5 Å². The first-order valence-corrected chi connectivity index (χ1v) is 9.95. The van der Waals surface area contributed by atoms with Crippen LogP contribution < -0.4 is 10.6 Å². The lowest BCUT2D eigenvalue weighted by Crippen LogP contribution is -2.58. The summed E-state index contributed by atoms with van der Waals surface area (Å²) < 4.78 is 6.22. The van der Waals surface area contributed by atoms with Crippen LogP contribution in [-0.4, -0.2) is 71.2 Å². The summed E-state index contributed by atoms with van der Waals surface area (Å²) in [5.74, 6) is -2.02. The fourth-order valence-electron chi connectivity index (χ4n) is 5.25. The number of carbonyl (C=O) groups is 3. The van der Waals surface area contributed by atoms with Gasteiger partial charge < -0.3 is 25.4 Å². The molecule has 0 saturated carbocycles. The molecule has 3 rings (SSSR count). The van der Waals surface area contributed by atoms with Crippen LogP contribution in [0, 0.1) is 11.8 Å². The van der Waals surface area contributed by atoms with Gasteiger partial charge >= 0.3 is 0 Å². The molecule has 0 aromatic carbocycles. The fourth-order valence-corrected chi connectivity index (χ4v) is 5.25. The number of aliphatic hydroxyl groups excluding tert-OH is 1. The van der Waals surface area contributed by atoms with Crippen molar-refractivity contribution in [2.24, 2.45) is 11.8 Å². The van der Waals surface area contributed by atoms with Crippen molar-refractivity contribution >= 4 is 17.7 Å². The molecule has 152 valence electrons. The predicted octanol–water partition coefficient (Wildman–Crippen LogP) is -0.207. The van der Waals surface area contributed by atoms with Crippen molar-refractivity contribution in [1.82, 2.24) is 15.5 Å². The summed E-state index contributed by atoms with van der Waals surface area (Å²) >= 11 is 0. The second-order valence-corrected chi connectivity index (χ2v) is 8.15. The SMILES string of the molecule is CCCC(C)NC(=O)C1N([C@H](C)CO)C(=O)[C@@H]2[C@H](C(=O)NC)[C@@H]3CCC12O3. The van der Waals surface area contributed by atoms with E-state index in [1.54, 1.807) is 14.0 Å². The van der Waals surface area contributed by atoms with Crippen LogP contribution in [0.1, 0.15) is 46.5 Å². The number of fused-ring (bicyclic) bond motifs is 1. The van der Waals surface area contributed by atoms with Crippen molar-refractivity contribution in [2.45, 2.75) is 76.3 Å². The minimum absolute atomic E-state index is 0.0207. The summed E-state index contributed by atoms with van der Waals surface area (Å²) in [6, 6.07) is -1.37. The van der Waals surface area contributed by atoms with Crippen LogP contribution in [0.5, 0.6) is 0 Å². The Morgan fingerprint density at radius 1 is 1.37 bits per heavy atom. The van der Waals surface area contributed by atoms with Crippen molar-refractivity contribution in [2.75, 3.05) is 13.7 Å². The van der Waals surface area contributed by atoms with Gasteiger partial charge in [-0.3, -0.25) is 14.4 Å². The highest BCUT2D eigenvalue weighted by molar-refractivity contribution is 5.99. The minimum Gasteiger partial charge on any atom is -0.394 e. The molecule has 3 unspecified atom stereocenters. The maximum absolute atomic E-state index is 13.3. The van der Waals surface area contributed by atoms with Gasteiger partial charge in [-0.2, -0.15) is 0 Å². The molecular formula is C19H31N3O5. The molecule has 8 nitrogen and oxygen atoms in total. The zero-order valence-corrected chi connectivity index (χ0v) is 16.5. The third-order valence-corrected chi connectivity index (χ3v) is 6.38. The Bertz CT molecular complexity index is 626. The van der Waals surface area contributed by atoms with E-state index >= 15 is 0 Å². The highest BCUT2D eigenvalue weighted by Crippen LogP contribution is 2.58. The number of hydrogen-bond donors (Lipinski definition) is 3. The van der Waals surface area contributed by atoms with Gasteiger partial charge in [-0.15, -0.1) is 0 Å². The number of ether oxygens (including phenoxy) is 1. The number of amides is 3. The van der Waals surface area contributed by atoms with E-state index in [9.17, 15) is 19.5 Å². The molecule has 0 aromatic rings. The van der Waals surface area contributed by atoms with E-state index in [0.717, 1.165) is 12.8 Å². The van der Waals surface area contributed by atoms with Crippen LogP contribution in [0.25, 0.3) is 0 Å². The van der Waals surface area contributed by atoms with E-state index in [2.05, 4.69) is 10.6 Å². The normalized spacial score (nSPS) is 36.5. The van der Waals surface area contributed by atoms with E-state index < -0.39 is 29.5 Å². The molecule has 3 saturated heterocycles. The van der Waals surface area contributed by atoms with Crippen LogP contribution in [0.2, 0.25) is 0 Å². The van der Waals surface area contributed by atoms with Crippen molar-refractivity contribution in [3.63, 3.8) is 0 Å². The Morgan fingerprint density at radius 3 is 2.67 bits per heavy atom. The number of likely N-dealkylation sites (tertiary alicyclic amines) is 1. The molecule has 0 aliphatic carbocycles. The average Bonchev–Trinajstić information content (AvgIpc) is 3.27. The molecule has 0 radical (unpaired) electrons. The molecule has 2 bridgehead atoms. The van der Waals surface area contributed by atoms with Gasteiger partial charge in [0.15, 0.2) is 0 Å². The molecule has 3 aliphatic rings. The van der Waals surface area contributed by atoms with Gasteiger partial charge in [-0.25, -0.2) is 0 Å². The van der Waals surface area contributed by atoms with E-state index in [1.807, 2.05) is 13.8 Å². The quantitative estimate of drug-likeness (QED) is 0.566. The standard InChI is InChI=1S/C19H31N3O5/c1-5-6-10(2)21-17(25)15-19-8-7-12(27-19)13(16(24)20-4)14(19)18(26)22(15)11(3)9-23/h10-15,23H,5-9H2,1-4H3,(H,20,24)(H,21,25)/t10?,11-,12+,13-,14+,15?,19?/m1/s1. The Labute approximate surface area is 160 Å². The van der Waals surface area contributed by atoms with Crippen molar-refractivity contribution in [3.05, 3.63) is 0 Å². The number of carbonyl (C=O) groups excluding carboxylic acids is 3. The lowest BCUT2D eigenvalue weighted by Gasteiger charge is -2.36. The van der Waals surface area contributed by atoms with Crippen LogP contribution in [0.3, 0.4) is 0 Å². The molecule has 3 amide bonds. The molecule has 3 fully saturated rings. The Morgan fingerprint density at radius 2 is 2.07 bits per heavy atom. The van der Waals surface area contributed by atoms with E-state index in [4.69, 9.17) is 4.74 Å². The fraction of sp³-hybridized carbons (Fsp3) is 0.842. The topological polar surface area (TPSA) is 108 Å². The maximum atomic E-state index is 13.3. The smallest absolute Gasteiger partial charge is 0.246 e. The molecule has 3 heterocycles. The van der Waals surface area contributed by atoms with Gasteiger partial charge in [0.2, 0.25) is 17.7 Å². The van der Waals surface area contributed by atoms with E-state index in [1.165, 1.54) is 4.90 Å². The van der Waals surface area contributed by atoms with Crippen molar-refractivity contribution < 1.29 is 24.2 Å². The van der Waals surface area contributed by atoms with Gasteiger partial charge in [-0.05, 0) is 33.1 Å². The number of hydrogen-bond acceptors (Lipinski definition) is 5. The van der Waals surface area contributed by atoms with Crippen molar-refractivity contribution in [3.8, 4) is 0 Å². The van der Waals surface area contributed by atoms with Gasteiger partial charge in [0.1, 0.15) is 11.6 Å². The lowest BCUT2D eigenvalue weighted by atomic mass is 9.70. The van der Waals surface area contributed by atoms with Gasteiger partial charge in [0, 0.05) is 13.1 Å². The molecule has 3 aliphatic heterocycles. The minimum atomic E-state index is -0.988. The summed E-state index contributed by atoms with van der Waals surface area (Å²) in [5.41, 5.74) is -0.988. The summed E-state index contributed by atoms with van der Waals surface area (Å²) in [4.78, 5) is 40.4. The van der Waals surface area contributed by atoms with Crippen LogP contribution >= 0.6 is 0 Å². The number of nitrogens with one attached hydrogen (secondary N) is 2. The third-order valence-electron chi connectivity index (χ3n) is 6.38. The highest BCUT2D eigenvalue weighted by Gasteiger charge is 2.74. The summed E-state index contributed by atoms with van der Waals surface area (Å²) in [7, 11) is 1.55. The highest BCUT2D eigenvalue weighted by atomic mass is 16.5. The Hall–Kier alpha value is -1.67. The summed E-state index contributed by atoms with van der Waals surface area (Å²) in [5, 5.41) is 15.3. The number of rotatable bonds is 7. The van der Waals surface area contributed by atoms with Gasteiger partial charge in [-0.1, -0.05) is 13.3 Å². The van der Waals surface area contributed by atoms with Crippen LogP contribution in [-0.2, 0) is 19.1 Å². The molecule has 27 heavy (non-hydrogen) atoms. The maximum Gasteiger partial charge on any atom is 0.246 e. The zero-order chi connectivity index (χ0) is 19.9. The van der Waals surface area contributed by atoms with Crippen LogP contribution in [0.4, 0.5) is 0 Å². The largest absolute Gasteiger partial charge is 0.394 e. The van der Waals surface area contributed by atoms with E-state index in [0.29, 0.717) is 12.8 Å². The molecule has 8 heteroatoms. The van der Waals surface area contributed by atoms with Gasteiger partial charge in [0.05, 0.1) is 30.6 Å². The molecule has 1 spiro atoms. The second-order valence-electron chi connectivity index (χ2n) is 8.15. The zero-order valence-electron chi connectivity index (χ0n) is 16.5. The van der Waals surface area contributed by atoms with Gasteiger partial charge in [0.25, 0.3) is 0 Å². The van der Waals surface area contributed by atoms with Crippen LogP contribution in [0.15, 0.2) is 0 Å². The number of aliphatic hydroxyl groups is 1. The average molecular weight is 381 g/mol. The first-order valence-electron chi connectivity index (χ1n) is 9.95. The molecular weight excluding hydrogens is 350 g/mol. The summed E-state index contributed by atoms with van der Waals surface area (Å²) in [6.45, 7) is 5.45.